The molecule has 1 saturated carbocycles. The van der Waals surface area contributed by atoms with E-state index < -0.39 is 9.84 Å². The molecule has 0 aromatic heterocycles. The largest absolute Gasteiger partial charge is 0.338 e. The minimum absolute atomic E-state index is 0. The third-order valence-corrected chi connectivity index (χ3v) is 7.85. The number of amides is 1. The Morgan fingerprint density at radius 1 is 1.28 bits per heavy atom. The van der Waals surface area contributed by atoms with Gasteiger partial charge in [0.25, 0.3) is 0 Å². The van der Waals surface area contributed by atoms with Gasteiger partial charge in [-0.05, 0) is 26.2 Å². The van der Waals surface area contributed by atoms with Gasteiger partial charge in [0.1, 0.15) is 0 Å². The molecular weight excluding hydrogens is 362 g/mol. The first-order valence-corrected chi connectivity index (χ1v) is 11.2. The summed E-state index contributed by atoms with van der Waals surface area (Å²) in [5.41, 5.74) is 0.132. The fourth-order valence-corrected chi connectivity index (χ4v) is 6.48. The van der Waals surface area contributed by atoms with Gasteiger partial charge in [0.15, 0.2) is 9.84 Å². The molecule has 0 bridgehead atoms. The Balaban J connectivity index is 0.00000225. The number of likely N-dealkylation sites (N-methyl/N-ethyl adjacent to an activating group) is 1. The van der Waals surface area contributed by atoms with Crippen molar-refractivity contribution in [2.75, 3.05) is 44.2 Å². The van der Waals surface area contributed by atoms with Crippen molar-refractivity contribution in [1.29, 1.82) is 0 Å². The molecule has 0 aromatic carbocycles. The number of hydrogen-bond donors (Lipinski definition) is 1. The molecule has 1 unspecified atom stereocenters. The summed E-state index contributed by atoms with van der Waals surface area (Å²) >= 11 is 0. The Morgan fingerprint density at radius 2 is 2.00 bits per heavy atom. The van der Waals surface area contributed by atoms with Crippen molar-refractivity contribution in [3.63, 3.8) is 0 Å². The molecule has 1 atom stereocenters. The Kier molecular flexibility index (Phi) is 7.16. The Labute approximate surface area is 158 Å². The molecular formula is C17H32ClN3O3S. The maximum atomic E-state index is 12.9. The van der Waals surface area contributed by atoms with Gasteiger partial charge in [-0.3, -0.25) is 9.69 Å². The van der Waals surface area contributed by atoms with E-state index in [1.807, 2.05) is 11.8 Å². The summed E-state index contributed by atoms with van der Waals surface area (Å²) in [5, 5.41) is 3.51. The second-order valence-electron chi connectivity index (χ2n) is 7.62. The van der Waals surface area contributed by atoms with Crippen LogP contribution in [0.2, 0.25) is 0 Å². The fraction of sp³-hybridized carbons (Fsp3) is 0.941. The third-order valence-electron chi connectivity index (χ3n) is 6.10. The Bertz CT molecular complexity index is 555. The van der Waals surface area contributed by atoms with Crippen molar-refractivity contribution in [3.05, 3.63) is 0 Å². The number of nitrogens with zero attached hydrogens (tertiary/aromatic N) is 2. The van der Waals surface area contributed by atoms with Crippen LogP contribution >= 0.6 is 12.4 Å². The predicted molar refractivity (Wildman–Crippen MR) is 102 cm³/mol. The van der Waals surface area contributed by atoms with Crippen LogP contribution in [0.15, 0.2) is 0 Å². The second kappa shape index (κ2) is 8.55. The molecule has 6 nitrogen and oxygen atoms in total. The van der Waals surface area contributed by atoms with E-state index in [9.17, 15) is 13.2 Å². The average molecular weight is 394 g/mol. The topological polar surface area (TPSA) is 69.7 Å². The van der Waals surface area contributed by atoms with Crippen LogP contribution in [0.25, 0.3) is 0 Å². The predicted octanol–water partition coefficient (Wildman–Crippen LogP) is 1.05. The van der Waals surface area contributed by atoms with Crippen molar-refractivity contribution in [1.82, 2.24) is 15.1 Å². The van der Waals surface area contributed by atoms with Crippen LogP contribution in [-0.2, 0) is 14.6 Å². The Hall–Kier alpha value is -0.370. The molecule has 0 aromatic rings. The number of hydrogen-bond acceptors (Lipinski definition) is 5. The van der Waals surface area contributed by atoms with Crippen molar-refractivity contribution in [2.45, 2.75) is 57.0 Å². The molecule has 2 aliphatic heterocycles. The van der Waals surface area contributed by atoms with Gasteiger partial charge in [-0.15, -0.1) is 12.4 Å². The van der Waals surface area contributed by atoms with E-state index in [4.69, 9.17) is 0 Å². The zero-order chi connectivity index (χ0) is 17.2. The lowest BCUT2D eigenvalue weighted by atomic mass is 9.79. The first-order chi connectivity index (χ1) is 11.5. The second-order valence-corrected chi connectivity index (χ2v) is 9.85. The molecule has 2 heterocycles. The smallest absolute Gasteiger partial charge is 0.237 e. The van der Waals surface area contributed by atoms with Crippen LogP contribution in [0.1, 0.15) is 45.4 Å². The lowest BCUT2D eigenvalue weighted by molar-refractivity contribution is -0.136. The summed E-state index contributed by atoms with van der Waals surface area (Å²) in [6, 6.07) is -0.127. The molecule has 3 aliphatic rings. The van der Waals surface area contributed by atoms with Crippen molar-refractivity contribution < 1.29 is 13.2 Å². The van der Waals surface area contributed by atoms with Gasteiger partial charge in [-0.2, -0.15) is 0 Å². The number of halogens is 1. The summed E-state index contributed by atoms with van der Waals surface area (Å²) in [4.78, 5) is 17.1. The molecule has 1 aliphatic carbocycles. The summed E-state index contributed by atoms with van der Waals surface area (Å²) in [5.74, 6) is 0.463. The highest BCUT2D eigenvalue weighted by molar-refractivity contribution is 7.91. The highest BCUT2D eigenvalue weighted by Crippen LogP contribution is 2.34. The van der Waals surface area contributed by atoms with E-state index in [2.05, 4.69) is 10.2 Å². The van der Waals surface area contributed by atoms with Crippen LogP contribution < -0.4 is 5.32 Å². The van der Waals surface area contributed by atoms with Crippen LogP contribution in [-0.4, -0.2) is 79.9 Å². The van der Waals surface area contributed by atoms with E-state index in [0.717, 1.165) is 32.5 Å². The van der Waals surface area contributed by atoms with Crippen molar-refractivity contribution in [2.24, 2.45) is 0 Å². The number of sulfone groups is 1. The van der Waals surface area contributed by atoms with Gasteiger partial charge < -0.3 is 10.2 Å². The van der Waals surface area contributed by atoms with E-state index >= 15 is 0 Å². The highest BCUT2D eigenvalue weighted by atomic mass is 35.5. The SMILES string of the molecule is CCN(C(=O)CN1CCNCC12CCCCC2)C1CCS(=O)(=O)C1.Cl. The first-order valence-electron chi connectivity index (χ1n) is 9.41. The summed E-state index contributed by atoms with van der Waals surface area (Å²) < 4.78 is 23.5. The highest BCUT2D eigenvalue weighted by Gasteiger charge is 2.42. The van der Waals surface area contributed by atoms with Crippen LogP contribution in [0.3, 0.4) is 0 Å². The van der Waals surface area contributed by atoms with Crippen LogP contribution in [0, 0.1) is 0 Å². The zero-order valence-electron chi connectivity index (χ0n) is 15.2. The molecule has 1 spiro atoms. The molecule has 3 rings (SSSR count). The number of carbonyl (C=O) groups is 1. The fourth-order valence-electron chi connectivity index (χ4n) is 4.75. The van der Waals surface area contributed by atoms with Crippen molar-refractivity contribution >= 4 is 28.2 Å². The lowest BCUT2D eigenvalue weighted by Gasteiger charge is -2.50. The molecule has 3 fully saturated rings. The maximum absolute atomic E-state index is 12.9. The van der Waals surface area contributed by atoms with Crippen molar-refractivity contribution in [3.8, 4) is 0 Å². The van der Waals surface area contributed by atoms with Crippen LogP contribution in [0.5, 0.6) is 0 Å². The molecule has 1 amide bonds. The van der Waals surface area contributed by atoms with E-state index in [1.54, 1.807) is 0 Å². The first kappa shape index (κ1) is 20.9. The average Bonchev–Trinajstić information content (AvgIpc) is 2.91. The van der Waals surface area contributed by atoms with E-state index in [0.29, 0.717) is 19.5 Å². The number of carbonyl (C=O) groups excluding carboxylic acids is 1. The standard InChI is InChI=1S/C17H31N3O3S.ClH/c1-2-20(15-6-11-24(22,23)13-15)16(21)12-19-10-9-18-14-17(19)7-4-3-5-8-17;/h15,18H,2-14H2,1H3;1H. The monoisotopic (exact) mass is 393 g/mol. The molecule has 0 radical (unpaired) electrons. The van der Waals surface area contributed by atoms with Gasteiger partial charge in [0.05, 0.1) is 18.1 Å². The third kappa shape index (κ3) is 4.67. The molecule has 146 valence electrons. The van der Waals surface area contributed by atoms with Gasteiger partial charge in [-0.1, -0.05) is 19.3 Å². The van der Waals surface area contributed by atoms with E-state index in [1.165, 1.54) is 19.3 Å². The minimum atomic E-state index is -2.96. The number of rotatable bonds is 4. The molecule has 2 saturated heterocycles. The van der Waals surface area contributed by atoms with Gasteiger partial charge in [-0.25, -0.2) is 8.42 Å². The minimum Gasteiger partial charge on any atom is -0.338 e. The quantitative estimate of drug-likeness (QED) is 0.773. The molecule has 25 heavy (non-hydrogen) atoms. The molecule has 8 heteroatoms. The van der Waals surface area contributed by atoms with Gasteiger partial charge >= 0.3 is 0 Å². The zero-order valence-corrected chi connectivity index (χ0v) is 16.8. The summed E-state index contributed by atoms with van der Waals surface area (Å²) in [7, 11) is -2.96. The van der Waals surface area contributed by atoms with Gasteiger partial charge in [0.2, 0.25) is 5.91 Å². The summed E-state index contributed by atoms with van der Waals surface area (Å²) in [6.07, 6.45) is 6.70. The normalized spacial score (nSPS) is 28.4. The maximum Gasteiger partial charge on any atom is 0.237 e. The van der Waals surface area contributed by atoms with Gasteiger partial charge in [0, 0.05) is 37.8 Å². The number of nitrogens with one attached hydrogen (secondary N) is 1. The summed E-state index contributed by atoms with van der Waals surface area (Å²) in [6.45, 7) is 5.80. The van der Waals surface area contributed by atoms with E-state index in [-0.39, 0.29) is 41.4 Å². The molecule has 1 N–H and O–H groups in total. The Morgan fingerprint density at radius 3 is 2.60 bits per heavy atom. The van der Waals surface area contributed by atoms with Crippen LogP contribution in [0.4, 0.5) is 0 Å². The lowest BCUT2D eigenvalue weighted by Crippen LogP contribution is -2.64. The number of piperazine rings is 1.